The first-order valence-corrected chi connectivity index (χ1v) is 6.20. The van der Waals surface area contributed by atoms with Gasteiger partial charge in [-0.15, -0.1) is 0 Å². The van der Waals surface area contributed by atoms with Gasteiger partial charge in [-0.1, -0.05) is 17.7 Å². The van der Waals surface area contributed by atoms with Crippen molar-refractivity contribution in [2.75, 3.05) is 7.11 Å². The Balaban J connectivity index is 2.38. The molecule has 0 aliphatic rings. The summed E-state index contributed by atoms with van der Waals surface area (Å²) in [5.41, 5.74) is 3.56. The topological polar surface area (TPSA) is 27.1 Å². The van der Waals surface area contributed by atoms with Crippen molar-refractivity contribution in [2.45, 2.75) is 13.3 Å². The molecular weight excluding hydrogens is 280 g/mol. The molecule has 0 amide bonds. The van der Waals surface area contributed by atoms with Crippen LogP contribution in [0.4, 0.5) is 0 Å². The molecule has 17 heavy (non-hydrogen) atoms. The minimum atomic E-state index is 0.807. The van der Waals surface area contributed by atoms with Gasteiger partial charge in [0.2, 0.25) is 0 Å². The van der Waals surface area contributed by atoms with E-state index < -0.39 is 0 Å². The molecule has 0 spiro atoms. The van der Waals surface area contributed by atoms with E-state index in [9.17, 15) is 0 Å². The van der Waals surface area contributed by atoms with E-state index in [-0.39, 0.29) is 0 Å². The van der Waals surface area contributed by atoms with Crippen LogP contribution >= 0.6 is 15.9 Å². The molecule has 2 rings (SSSR count). The molecular formula is C13H15BrN2O. The fourth-order valence-corrected chi connectivity index (χ4v) is 2.36. The van der Waals surface area contributed by atoms with Gasteiger partial charge in [0, 0.05) is 19.0 Å². The quantitative estimate of drug-likeness (QED) is 0.870. The van der Waals surface area contributed by atoms with Crippen molar-refractivity contribution < 1.29 is 4.74 Å². The number of methoxy groups -OCH3 is 1. The van der Waals surface area contributed by atoms with Crippen molar-refractivity contribution in [1.29, 1.82) is 0 Å². The summed E-state index contributed by atoms with van der Waals surface area (Å²) in [4.78, 5) is 4.23. The molecule has 1 aromatic carbocycles. The molecule has 3 nitrogen and oxygen atoms in total. The Kier molecular flexibility index (Phi) is 3.52. The predicted molar refractivity (Wildman–Crippen MR) is 71.4 cm³/mol. The molecule has 0 atom stereocenters. The Morgan fingerprint density at radius 3 is 2.76 bits per heavy atom. The number of hydrogen-bond acceptors (Lipinski definition) is 2. The molecule has 0 aliphatic heterocycles. The third-order valence-corrected chi connectivity index (χ3v) is 3.46. The Labute approximate surface area is 110 Å². The lowest BCUT2D eigenvalue weighted by atomic mass is 10.1. The molecule has 0 unspecified atom stereocenters. The zero-order chi connectivity index (χ0) is 12.4. The Morgan fingerprint density at radius 2 is 2.18 bits per heavy atom. The van der Waals surface area contributed by atoms with Crippen LogP contribution in [0.3, 0.4) is 0 Å². The summed E-state index contributed by atoms with van der Waals surface area (Å²) >= 11 is 3.47. The number of aromatic nitrogens is 2. The molecule has 0 bridgehead atoms. The van der Waals surface area contributed by atoms with Crippen LogP contribution < -0.4 is 4.74 Å². The number of hydrogen-bond donors (Lipinski definition) is 0. The molecule has 1 aromatic heterocycles. The number of imidazole rings is 1. The molecule has 0 saturated carbocycles. The van der Waals surface area contributed by atoms with Crippen molar-refractivity contribution in [1.82, 2.24) is 9.55 Å². The van der Waals surface area contributed by atoms with Crippen LogP contribution in [0.2, 0.25) is 0 Å². The average molecular weight is 295 g/mol. The van der Waals surface area contributed by atoms with Crippen LogP contribution in [-0.4, -0.2) is 16.7 Å². The standard InChI is InChI=1S/C13H15BrN2O/c1-9-4-5-12(17-3)10(6-9)7-11-13(14)15-8-16(11)2/h4-6,8H,7H2,1-3H3. The van der Waals surface area contributed by atoms with Gasteiger partial charge in [0.25, 0.3) is 0 Å². The summed E-state index contributed by atoms with van der Waals surface area (Å²) in [6.45, 7) is 2.08. The van der Waals surface area contributed by atoms with Gasteiger partial charge in [-0.05, 0) is 28.9 Å². The number of halogens is 1. The molecule has 0 saturated heterocycles. The summed E-state index contributed by atoms with van der Waals surface area (Å²) in [6.07, 6.45) is 2.61. The predicted octanol–water partition coefficient (Wildman–Crippen LogP) is 3.09. The summed E-state index contributed by atoms with van der Waals surface area (Å²) in [6, 6.07) is 6.22. The highest BCUT2D eigenvalue weighted by atomic mass is 79.9. The lowest BCUT2D eigenvalue weighted by molar-refractivity contribution is 0.410. The Morgan fingerprint density at radius 1 is 1.41 bits per heavy atom. The number of ether oxygens (including phenoxy) is 1. The summed E-state index contributed by atoms with van der Waals surface area (Å²) in [5.74, 6) is 0.920. The van der Waals surface area contributed by atoms with E-state index in [1.807, 2.05) is 24.0 Å². The molecule has 2 aromatic rings. The number of nitrogens with zero attached hydrogens (tertiary/aromatic N) is 2. The van der Waals surface area contributed by atoms with Crippen LogP contribution in [0.1, 0.15) is 16.8 Å². The summed E-state index contributed by atoms with van der Waals surface area (Å²) in [7, 11) is 3.70. The lowest BCUT2D eigenvalue weighted by Crippen LogP contribution is -2.00. The molecule has 0 fully saturated rings. The summed E-state index contributed by atoms with van der Waals surface area (Å²) < 4.78 is 8.30. The maximum Gasteiger partial charge on any atom is 0.127 e. The van der Waals surface area contributed by atoms with Gasteiger partial charge in [0.15, 0.2) is 0 Å². The number of rotatable bonds is 3. The van der Waals surface area contributed by atoms with Gasteiger partial charge < -0.3 is 9.30 Å². The van der Waals surface area contributed by atoms with Crippen LogP contribution in [-0.2, 0) is 13.5 Å². The van der Waals surface area contributed by atoms with E-state index in [2.05, 4.69) is 40.0 Å². The first-order valence-electron chi connectivity index (χ1n) is 5.41. The van der Waals surface area contributed by atoms with E-state index in [4.69, 9.17) is 4.74 Å². The fraction of sp³-hybridized carbons (Fsp3) is 0.308. The average Bonchev–Trinajstić information content (AvgIpc) is 2.61. The molecule has 1 heterocycles. The molecule has 90 valence electrons. The van der Waals surface area contributed by atoms with Crippen molar-refractivity contribution in [3.05, 3.63) is 46.0 Å². The third kappa shape index (κ3) is 2.52. The number of benzene rings is 1. The van der Waals surface area contributed by atoms with E-state index >= 15 is 0 Å². The SMILES string of the molecule is COc1ccc(C)cc1Cc1c(Br)ncn1C. The largest absolute Gasteiger partial charge is 0.496 e. The first kappa shape index (κ1) is 12.2. The molecule has 0 aliphatic carbocycles. The van der Waals surface area contributed by atoms with Crippen molar-refractivity contribution in [2.24, 2.45) is 7.05 Å². The van der Waals surface area contributed by atoms with E-state index in [1.54, 1.807) is 7.11 Å². The highest BCUT2D eigenvalue weighted by Crippen LogP contribution is 2.25. The highest BCUT2D eigenvalue weighted by molar-refractivity contribution is 9.10. The molecule has 0 N–H and O–H groups in total. The summed E-state index contributed by atoms with van der Waals surface area (Å²) in [5, 5.41) is 0. The number of aryl methyl sites for hydroxylation is 2. The highest BCUT2D eigenvalue weighted by Gasteiger charge is 2.10. The molecule has 0 radical (unpaired) electrons. The van der Waals surface area contributed by atoms with Gasteiger partial charge in [-0.25, -0.2) is 4.98 Å². The van der Waals surface area contributed by atoms with Gasteiger partial charge in [0.1, 0.15) is 10.4 Å². The van der Waals surface area contributed by atoms with Crippen LogP contribution in [0.25, 0.3) is 0 Å². The van der Waals surface area contributed by atoms with Gasteiger partial charge in [0.05, 0.1) is 19.1 Å². The van der Waals surface area contributed by atoms with Crippen LogP contribution in [0, 0.1) is 6.92 Å². The van der Waals surface area contributed by atoms with Crippen molar-refractivity contribution in [3.63, 3.8) is 0 Å². The zero-order valence-corrected chi connectivity index (χ0v) is 11.8. The maximum absolute atomic E-state index is 5.38. The fourth-order valence-electron chi connectivity index (χ4n) is 1.85. The second kappa shape index (κ2) is 4.92. The van der Waals surface area contributed by atoms with Crippen LogP contribution in [0.15, 0.2) is 29.1 Å². The molecule has 4 heteroatoms. The van der Waals surface area contributed by atoms with Gasteiger partial charge >= 0.3 is 0 Å². The smallest absolute Gasteiger partial charge is 0.127 e. The minimum Gasteiger partial charge on any atom is -0.496 e. The second-order valence-electron chi connectivity index (χ2n) is 4.09. The monoisotopic (exact) mass is 294 g/mol. The van der Waals surface area contributed by atoms with Gasteiger partial charge in [-0.2, -0.15) is 0 Å². The van der Waals surface area contributed by atoms with Crippen molar-refractivity contribution in [3.8, 4) is 5.75 Å². The second-order valence-corrected chi connectivity index (χ2v) is 4.84. The minimum absolute atomic E-state index is 0.807. The first-order chi connectivity index (χ1) is 8.11. The van der Waals surface area contributed by atoms with Gasteiger partial charge in [-0.3, -0.25) is 0 Å². The van der Waals surface area contributed by atoms with E-state index in [0.29, 0.717) is 0 Å². The van der Waals surface area contributed by atoms with Crippen LogP contribution in [0.5, 0.6) is 5.75 Å². The van der Waals surface area contributed by atoms with E-state index in [1.165, 1.54) is 11.1 Å². The third-order valence-electron chi connectivity index (χ3n) is 2.80. The lowest BCUT2D eigenvalue weighted by Gasteiger charge is -2.10. The normalized spacial score (nSPS) is 10.6. The Bertz CT molecular complexity index is 515. The zero-order valence-electron chi connectivity index (χ0n) is 10.2. The Hall–Kier alpha value is -1.29. The van der Waals surface area contributed by atoms with Crippen molar-refractivity contribution >= 4 is 15.9 Å². The maximum atomic E-state index is 5.38. The van der Waals surface area contributed by atoms with E-state index in [0.717, 1.165) is 22.5 Å².